The lowest BCUT2D eigenvalue weighted by atomic mass is 9.75. The van der Waals surface area contributed by atoms with Crippen molar-refractivity contribution in [3.05, 3.63) is 0 Å². The maximum Gasteiger partial charge on any atom is 0.234 e. The average molecular weight is 256 g/mol. The quantitative estimate of drug-likeness (QED) is 0.760. The van der Waals surface area contributed by atoms with Crippen molar-refractivity contribution in [2.45, 2.75) is 58.5 Å². The molecule has 0 aromatic heterocycles. The summed E-state index contributed by atoms with van der Waals surface area (Å²) in [5.41, 5.74) is 0.480. The molecular weight excluding hydrogens is 228 g/mol. The first-order valence-corrected chi connectivity index (χ1v) is 6.94. The molecule has 0 saturated heterocycles. The number of methoxy groups -OCH3 is 1. The summed E-state index contributed by atoms with van der Waals surface area (Å²) in [6, 6.07) is 0.580. The molecule has 18 heavy (non-hydrogen) atoms. The van der Waals surface area contributed by atoms with Gasteiger partial charge in [0.2, 0.25) is 5.91 Å². The summed E-state index contributed by atoms with van der Waals surface area (Å²) in [6.45, 7) is 7.57. The van der Waals surface area contributed by atoms with Gasteiger partial charge in [0.25, 0.3) is 0 Å². The fraction of sp³-hybridized carbons (Fsp3) is 0.929. The highest BCUT2D eigenvalue weighted by molar-refractivity contribution is 5.78. The van der Waals surface area contributed by atoms with Gasteiger partial charge >= 0.3 is 0 Å². The van der Waals surface area contributed by atoms with E-state index in [1.165, 1.54) is 25.7 Å². The maximum atomic E-state index is 11.7. The molecule has 1 amide bonds. The normalized spacial score (nSPS) is 21.6. The molecule has 0 aliphatic heterocycles. The van der Waals surface area contributed by atoms with Crippen LogP contribution in [0.15, 0.2) is 0 Å². The summed E-state index contributed by atoms with van der Waals surface area (Å²) in [5.74, 6) is 0.0596. The van der Waals surface area contributed by atoms with Crippen LogP contribution in [0.2, 0.25) is 0 Å². The Morgan fingerprint density at radius 2 is 2.00 bits per heavy atom. The zero-order valence-electron chi connectivity index (χ0n) is 12.2. The summed E-state index contributed by atoms with van der Waals surface area (Å²) >= 11 is 0. The minimum atomic E-state index is 0.0596. The van der Waals surface area contributed by atoms with Gasteiger partial charge in [-0.05, 0) is 38.0 Å². The molecule has 0 radical (unpaired) electrons. The first-order valence-electron chi connectivity index (χ1n) is 6.94. The third-order valence-electron chi connectivity index (χ3n) is 3.71. The Morgan fingerprint density at radius 3 is 2.56 bits per heavy atom. The molecule has 0 bridgehead atoms. The Balaban J connectivity index is 2.15. The Labute approximate surface area is 111 Å². The van der Waals surface area contributed by atoms with Crippen molar-refractivity contribution in [1.82, 2.24) is 10.6 Å². The van der Waals surface area contributed by atoms with Crippen LogP contribution in [0.25, 0.3) is 0 Å². The predicted octanol–water partition coefficient (Wildman–Crippen LogP) is 1.70. The fourth-order valence-electron chi connectivity index (χ4n) is 2.46. The Hall–Kier alpha value is -0.610. The molecule has 1 fully saturated rings. The van der Waals surface area contributed by atoms with E-state index in [9.17, 15) is 4.79 Å². The van der Waals surface area contributed by atoms with Crippen molar-refractivity contribution in [3.63, 3.8) is 0 Å². The largest absolute Gasteiger partial charge is 0.383 e. The molecule has 0 spiro atoms. The summed E-state index contributed by atoms with van der Waals surface area (Å²) < 4.78 is 4.99. The summed E-state index contributed by atoms with van der Waals surface area (Å²) in [6.07, 6.45) is 4.83. The zero-order chi connectivity index (χ0) is 13.6. The molecule has 4 heteroatoms. The van der Waals surface area contributed by atoms with Crippen molar-refractivity contribution in [1.29, 1.82) is 0 Å². The first kappa shape index (κ1) is 15.4. The standard InChI is InChI=1S/C14H28N2O2/c1-11(10-18-4)16-13(17)9-15-12-5-7-14(2,3)8-6-12/h11-12,15H,5-10H2,1-4H3,(H,16,17). The van der Waals surface area contributed by atoms with Gasteiger partial charge in [-0.3, -0.25) is 4.79 Å². The van der Waals surface area contributed by atoms with Crippen LogP contribution in [-0.4, -0.2) is 38.3 Å². The lowest BCUT2D eigenvalue weighted by Gasteiger charge is -2.34. The minimum absolute atomic E-state index is 0.0596. The number of carbonyl (C=O) groups excluding carboxylic acids is 1. The van der Waals surface area contributed by atoms with Gasteiger partial charge in [0.05, 0.1) is 13.2 Å². The maximum absolute atomic E-state index is 11.7. The molecule has 1 aliphatic carbocycles. The van der Waals surface area contributed by atoms with E-state index in [2.05, 4.69) is 24.5 Å². The third-order valence-corrected chi connectivity index (χ3v) is 3.71. The molecule has 0 aromatic carbocycles. The molecule has 1 saturated carbocycles. The second-order valence-corrected chi connectivity index (χ2v) is 6.24. The highest BCUT2D eigenvalue weighted by atomic mass is 16.5. The monoisotopic (exact) mass is 256 g/mol. The minimum Gasteiger partial charge on any atom is -0.383 e. The van der Waals surface area contributed by atoms with Gasteiger partial charge in [0, 0.05) is 19.2 Å². The highest BCUT2D eigenvalue weighted by Gasteiger charge is 2.26. The second-order valence-electron chi connectivity index (χ2n) is 6.24. The lowest BCUT2D eigenvalue weighted by molar-refractivity contribution is -0.121. The van der Waals surface area contributed by atoms with Gasteiger partial charge in [-0.25, -0.2) is 0 Å². The van der Waals surface area contributed by atoms with E-state index in [0.29, 0.717) is 24.6 Å². The third kappa shape index (κ3) is 5.83. The SMILES string of the molecule is COCC(C)NC(=O)CNC1CCC(C)(C)CC1. The van der Waals surface area contributed by atoms with Gasteiger partial charge in [-0.1, -0.05) is 13.8 Å². The zero-order valence-corrected chi connectivity index (χ0v) is 12.2. The Morgan fingerprint density at radius 1 is 1.39 bits per heavy atom. The molecule has 2 N–H and O–H groups in total. The number of nitrogens with one attached hydrogen (secondary N) is 2. The van der Waals surface area contributed by atoms with Crippen molar-refractivity contribution in [2.75, 3.05) is 20.3 Å². The van der Waals surface area contributed by atoms with Gasteiger partial charge < -0.3 is 15.4 Å². The molecule has 0 heterocycles. The van der Waals surface area contributed by atoms with Crippen LogP contribution >= 0.6 is 0 Å². The average Bonchev–Trinajstić information content (AvgIpc) is 2.28. The van der Waals surface area contributed by atoms with Crippen LogP contribution in [0.3, 0.4) is 0 Å². The van der Waals surface area contributed by atoms with Gasteiger partial charge in [-0.2, -0.15) is 0 Å². The molecule has 1 atom stereocenters. The molecule has 0 aromatic rings. The smallest absolute Gasteiger partial charge is 0.234 e. The van der Waals surface area contributed by atoms with Crippen molar-refractivity contribution in [3.8, 4) is 0 Å². The van der Waals surface area contributed by atoms with Crippen LogP contribution in [0.5, 0.6) is 0 Å². The molecule has 1 unspecified atom stereocenters. The van der Waals surface area contributed by atoms with E-state index in [0.717, 1.165) is 0 Å². The number of carbonyl (C=O) groups is 1. The van der Waals surface area contributed by atoms with Crippen LogP contribution < -0.4 is 10.6 Å². The van der Waals surface area contributed by atoms with Gasteiger partial charge in [-0.15, -0.1) is 0 Å². The van der Waals surface area contributed by atoms with E-state index < -0.39 is 0 Å². The molecule has 106 valence electrons. The van der Waals surface area contributed by atoms with E-state index in [4.69, 9.17) is 4.74 Å². The first-order chi connectivity index (χ1) is 8.43. The number of rotatable bonds is 6. The highest BCUT2D eigenvalue weighted by Crippen LogP contribution is 2.34. The topological polar surface area (TPSA) is 50.4 Å². The van der Waals surface area contributed by atoms with Crippen molar-refractivity contribution < 1.29 is 9.53 Å². The van der Waals surface area contributed by atoms with Crippen LogP contribution in [-0.2, 0) is 9.53 Å². The van der Waals surface area contributed by atoms with E-state index in [-0.39, 0.29) is 11.9 Å². The Kier molecular flexibility index (Phi) is 6.09. The van der Waals surface area contributed by atoms with Gasteiger partial charge in [0.15, 0.2) is 0 Å². The summed E-state index contributed by atoms with van der Waals surface area (Å²) in [4.78, 5) is 11.7. The van der Waals surface area contributed by atoms with E-state index in [1.54, 1.807) is 7.11 Å². The van der Waals surface area contributed by atoms with E-state index in [1.807, 2.05) is 6.92 Å². The molecule has 1 rings (SSSR count). The number of hydrogen-bond donors (Lipinski definition) is 2. The van der Waals surface area contributed by atoms with Crippen LogP contribution in [0.1, 0.15) is 46.5 Å². The molecular formula is C14H28N2O2. The van der Waals surface area contributed by atoms with E-state index >= 15 is 0 Å². The van der Waals surface area contributed by atoms with Gasteiger partial charge in [0.1, 0.15) is 0 Å². The van der Waals surface area contributed by atoms with Crippen molar-refractivity contribution >= 4 is 5.91 Å². The molecule has 1 aliphatic rings. The number of hydrogen-bond acceptors (Lipinski definition) is 3. The van der Waals surface area contributed by atoms with Crippen LogP contribution in [0, 0.1) is 5.41 Å². The van der Waals surface area contributed by atoms with Crippen molar-refractivity contribution in [2.24, 2.45) is 5.41 Å². The second kappa shape index (κ2) is 7.10. The predicted molar refractivity (Wildman–Crippen MR) is 73.5 cm³/mol. The summed E-state index contributed by atoms with van der Waals surface area (Å²) in [7, 11) is 1.64. The fourth-order valence-corrected chi connectivity index (χ4v) is 2.46. The summed E-state index contributed by atoms with van der Waals surface area (Å²) in [5, 5.41) is 6.26. The number of amides is 1. The number of ether oxygens (including phenoxy) is 1. The Bertz CT molecular complexity index is 257. The lowest BCUT2D eigenvalue weighted by Crippen LogP contribution is -2.44. The molecule has 4 nitrogen and oxygen atoms in total. The van der Waals surface area contributed by atoms with Crippen LogP contribution in [0.4, 0.5) is 0 Å².